The van der Waals surface area contributed by atoms with Crippen molar-refractivity contribution in [3.8, 4) is 0 Å². The Balaban J connectivity index is 3.03. The first kappa shape index (κ1) is 6.04. The largest absolute Gasteiger partial charge is 0.246 e. The number of thiol groups is 1. The maximum Gasteiger partial charge on any atom is 0.124 e. The van der Waals surface area contributed by atoms with Crippen molar-refractivity contribution in [3.63, 3.8) is 0 Å². The molecule has 0 aromatic carbocycles. The van der Waals surface area contributed by atoms with Crippen LogP contribution in [-0.2, 0) is 0 Å². The molecular formula is C4H3BrN2S. The van der Waals surface area contributed by atoms with Gasteiger partial charge in [-0.25, -0.2) is 9.97 Å². The van der Waals surface area contributed by atoms with Gasteiger partial charge in [-0.2, -0.15) is 0 Å². The van der Waals surface area contributed by atoms with Gasteiger partial charge in [0, 0.05) is 0 Å². The van der Waals surface area contributed by atoms with E-state index in [2.05, 4.69) is 38.5 Å². The van der Waals surface area contributed by atoms with Crippen molar-refractivity contribution in [2.75, 3.05) is 0 Å². The normalized spacial score (nSPS) is 9.25. The molecule has 1 aromatic rings. The molecule has 1 aromatic heterocycles. The molecule has 0 N–H and O–H groups in total. The van der Waals surface area contributed by atoms with Crippen molar-refractivity contribution in [1.29, 1.82) is 0 Å². The van der Waals surface area contributed by atoms with E-state index in [0.717, 1.165) is 4.60 Å². The van der Waals surface area contributed by atoms with Crippen LogP contribution < -0.4 is 0 Å². The van der Waals surface area contributed by atoms with E-state index in [4.69, 9.17) is 0 Å². The molecule has 8 heavy (non-hydrogen) atoms. The Kier molecular flexibility index (Phi) is 1.85. The summed E-state index contributed by atoms with van der Waals surface area (Å²) in [6.45, 7) is 0. The van der Waals surface area contributed by atoms with E-state index in [1.54, 1.807) is 12.4 Å². The summed E-state index contributed by atoms with van der Waals surface area (Å²) < 4.78 is 0.732. The van der Waals surface area contributed by atoms with Crippen LogP contribution in [-0.4, -0.2) is 9.97 Å². The van der Waals surface area contributed by atoms with E-state index in [9.17, 15) is 0 Å². The van der Waals surface area contributed by atoms with Gasteiger partial charge in [-0.1, -0.05) is 0 Å². The summed E-state index contributed by atoms with van der Waals surface area (Å²) in [4.78, 5) is 7.69. The van der Waals surface area contributed by atoms with Gasteiger partial charge in [0.2, 0.25) is 0 Å². The molecule has 4 heteroatoms. The molecule has 42 valence electrons. The zero-order valence-electron chi connectivity index (χ0n) is 3.87. The van der Waals surface area contributed by atoms with E-state index in [0.29, 0.717) is 5.03 Å². The highest BCUT2D eigenvalue weighted by Crippen LogP contribution is 2.03. The maximum absolute atomic E-state index is 3.94. The van der Waals surface area contributed by atoms with Crippen molar-refractivity contribution < 1.29 is 0 Å². The van der Waals surface area contributed by atoms with Gasteiger partial charge in [-0.3, -0.25) is 0 Å². The van der Waals surface area contributed by atoms with E-state index in [-0.39, 0.29) is 0 Å². The average Bonchev–Trinajstić information content (AvgIpc) is 1.77. The van der Waals surface area contributed by atoms with Crippen LogP contribution >= 0.6 is 28.6 Å². The molecule has 0 unspecified atom stereocenters. The molecule has 0 fully saturated rings. The number of rotatable bonds is 0. The third kappa shape index (κ3) is 1.45. The SMILES string of the molecule is Sc1cnc(Br)cn1. The lowest BCUT2D eigenvalue weighted by atomic mass is 10.8. The smallest absolute Gasteiger partial charge is 0.124 e. The van der Waals surface area contributed by atoms with Crippen molar-refractivity contribution in [1.82, 2.24) is 9.97 Å². The second-order valence-electron chi connectivity index (χ2n) is 1.20. The maximum atomic E-state index is 3.94. The third-order valence-corrected chi connectivity index (χ3v) is 1.25. The summed E-state index contributed by atoms with van der Waals surface area (Å²) in [6.07, 6.45) is 3.18. The summed E-state index contributed by atoms with van der Waals surface area (Å²) in [5, 5.41) is 0.633. The summed E-state index contributed by atoms with van der Waals surface area (Å²) in [6, 6.07) is 0. The lowest BCUT2D eigenvalue weighted by Crippen LogP contribution is -1.77. The van der Waals surface area contributed by atoms with Crippen molar-refractivity contribution in [2.45, 2.75) is 5.03 Å². The Bertz CT molecular complexity index is 153. The van der Waals surface area contributed by atoms with Crippen LogP contribution in [0.1, 0.15) is 0 Å². The predicted molar refractivity (Wildman–Crippen MR) is 37.0 cm³/mol. The molecule has 0 spiro atoms. The standard InChI is InChI=1S/C4H3BrN2S/c5-3-1-7-4(8)2-6-3/h1-2H,(H,7,8). The van der Waals surface area contributed by atoms with Crippen LogP contribution in [0, 0.1) is 0 Å². The van der Waals surface area contributed by atoms with Gasteiger partial charge in [-0.15, -0.1) is 12.6 Å². The third-order valence-electron chi connectivity index (χ3n) is 0.607. The lowest BCUT2D eigenvalue weighted by molar-refractivity contribution is 1.04. The highest BCUT2D eigenvalue weighted by Gasteiger charge is 1.85. The summed E-state index contributed by atoms with van der Waals surface area (Å²) in [7, 11) is 0. The Morgan fingerprint density at radius 2 is 2.12 bits per heavy atom. The number of hydrogen-bond acceptors (Lipinski definition) is 3. The fraction of sp³-hybridized carbons (Fsp3) is 0. The second-order valence-corrected chi connectivity index (χ2v) is 2.47. The predicted octanol–water partition coefficient (Wildman–Crippen LogP) is 1.53. The molecule has 1 rings (SSSR count). The summed E-state index contributed by atoms with van der Waals surface area (Å²) in [5.41, 5.74) is 0. The topological polar surface area (TPSA) is 25.8 Å². The van der Waals surface area contributed by atoms with Crippen molar-refractivity contribution >= 4 is 28.6 Å². The fourth-order valence-electron chi connectivity index (χ4n) is 0.305. The lowest BCUT2D eigenvalue weighted by Gasteiger charge is -1.86. The number of halogens is 1. The Hall–Kier alpha value is -0.0900. The minimum absolute atomic E-state index is 0.633. The van der Waals surface area contributed by atoms with Crippen LogP contribution in [0.3, 0.4) is 0 Å². The number of hydrogen-bond donors (Lipinski definition) is 1. The van der Waals surface area contributed by atoms with Crippen LogP contribution in [0.5, 0.6) is 0 Å². The Morgan fingerprint density at radius 3 is 2.50 bits per heavy atom. The molecule has 0 aliphatic carbocycles. The zero-order chi connectivity index (χ0) is 5.98. The molecular weight excluding hydrogens is 188 g/mol. The molecule has 2 nitrogen and oxygen atoms in total. The van der Waals surface area contributed by atoms with E-state index in [1.807, 2.05) is 0 Å². The first-order valence-corrected chi connectivity index (χ1v) is 3.19. The van der Waals surface area contributed by atoms with Gasteiger partial charge < -0.3 is 0 Å². The van der Waals surface area contributed by atoms with Crippen LogP contribution in [0.2, 0.25) is 0 Å². The molecule has 1 heterocycles. The summed E-state index contributed by atoms with van der Waals surface area (Å²) in [5.74, 6) is 0. The molecule has 0 atom stereocenters. The van der Waals surface area contributed by atoms with Gasteiger partial charge in [0.05, 0.1) is 12.4 Å². The highest BCUT2D eigenvalue weighted by atomic mass is 79.9. The zero-order valence-corrected chi connectivity index (χ0v) is 6.35. The van der Waals surface area contributed by atoms with E-state index < -0.39 is 0 Å². The van der Waals surface area contributed by atoms with Crippen LogP contribution in [0.25, 0.3) is 0 Å². The first-order chi connectivity index (χ1) is 3.79. The van der Waals surface area contributed by atoms with Gasteiger partial charge >= 0.3 is 0 Å². The second kappa shape index (κ2) is 2.46. The number of aromatic nitrogens is 2. The van der Waals surface area contributed by atoms with E-state index >= 15 is 0 Å². The Labute approximate surface area is 60.9 Å². The minimum atomic E-state index is 0.633. The minimum Gasteiger partial charge on any atom is -0.246 e. The van der Waals surface area contributed by atoms with E-state index in [1.165, 1.54) is 0 Å². The quantitative estimate of drug-likeness (QED) is 0.629. The van der Waals surface area contributed by atoms with Gasteiger partial charge in [0.1, 0.15) is 9.63 Å². The van der Waals surface area contributed by atoms with Crippen LogP contribution in [0.15, 0.2) is 22.0 Å². The average molecular weight is 191 g/mol. The molecule has 0 amide bonds. The molecule has 0 saturated carbocycles. The molecule has 0 aliphatic heterocycles. The van der Waals surface area contributed by atoms with Gasteiger partial charge in [0.25, 0.3) is 0 Å². The molecule has 0 aliphatic rings. The monoisotopic (exact) mass is 190 g/mol. The van der Waals surface area contributed by atoms with Crippen LogP contribution in [0.4, 0.5) is 0 Å². The van der Waals surface area contributed by atoms with Crippen molar-refractivity contribution in [2.24, 2.45) is 0 Å². The molecule has 0 saturated heterocycles. The first-order valence-electron chi connectivity index (χ1n) is 1.95. The number of nitrogens with zero attached hydrogens (tertiary/aromatic N) is 2. The van der Waals surface area contributed by atoms with Gasteiger partial charge in [-0.05, 0) is 15.9 Å². The van der Waals surface area contributed by atoms with Crippen molar-refractivity contribution in [3.05, 3.63) is 17.0 Å². The Morgan fingerprint density at radius 1 is 1.38 bits per heavy atom. The molecule has 0 bridgehead atoms. The summed E-state index contributed by atoms with van der Waals surface area (Å²) >= 11 is 7.08. The highest BCUT2D eigenvalue weighted by molar-refractivity contribution is 9.10. The fourth-order valence-corrected chi connectivity index (χ4v) is 0.626. The van der Waals surface area contributed by atoms with Gasteiger partial charge in [0.15, 0.2) is 0 Å². The molecule has 0 radical (unpaired) electrons.